The van der Waals surface area contributed by atoms with E-state index < -0.39 is 23.8 Å². The van der Waals surface area contributed by atoms with Gasteiger partial charge in [-0.1, -0.05) is 72.1 Å². The highest BCUT2D eigenvalue weighted by molar-refractivity contribution is 8.00. The predicted molar refractivity (Wildman–Crippen MR) is 183 cm³/mol. The lowest BCUT2D eigenvalue weighted by atomic mass is 9.99. The number of carboxylic acids is 2. The summed E-state index contributed by atoms with van der Waals surface area (Å²) in [5, 5.41) is 49.0. The number of aromatic nitrogens is 8. The van der Waals surface area contributed by atoms with Gasteiger partial charge in [0.05, 0.1) is 45.4 Å². The van der Waals surface area contributed by atoms with Gasteiger partial charge in [-0.15, -0.1) is 10.2 Å². The fourth-order valence-corrected chi connectivity index (χ4v) is 6.03. The highest BCUT2D eigenvalue weighted by Crippen LogP contribution is 2.30. The number of para-hydroxylation sites is 2. The van der Waals surface area contributed by atoms with Crippen LogP contribution < -0.4 is 10.6 Å². The van der Waals surface area contributed by atoms with Gasteiger partial charge in [0, 0.05) is 0 Å². The van der Waals surface area contributed by atoms with E-state index in [1.54, 1.807) is 12.1 Å². The topological polar surface area (TPSA) is 220 Å². The number of amides is 2. The van der Waals surface area contributed by atoms with Gasteiger partial charge in [-0.05, 0) is 80.5 Å². The number of thioether (sulfide) groups is 2. The summed E-state index contributed by atoms with van der Waals surface area (Å²) in [7, 11) is 0. The summed E-state index contributed by atoms with van der Waals surface area (Å²) in [6.07, 6.45) is 0. The van der Waals surface area contributed by atoms with Crippen LogP contribution in [0.3, 0.4) is 0 Å². The Labute approximate surface area is 290 Å². The van der Waals surface area contributed by atoms with Crippen LogP contribution in [-0.4, -0.2) is 85.9 Å². The van der Waals surface area contributed by atoms with E-state index in [0.29, 0.717) is 32.8 Å². The molecule has 0 spiro atoms. The summed E-state index contributed by atoms with van der Waals surface area (Å²) < 4.78 is 2.96. The van der Waals surface area contributed by atoms with Gasteiger partial charge < -0.3 is 20.8 Å². The molecule has 0 atom stereocenters. The van der Waals surface area contributed by atoms with Crippen molar-refractivity contribution in [2.24, 2.45) is 0 Å². The highest BCUT2D eigenvalue weighted by atomic mass is 32.2. The monoisotopic (exact) mass is 708 g/mol. The summed E-state index contributed by atoms with van der Waals surface area (Å²) in [6, 6.07) is 26.9. The normalized spacial score (nSPS) is 10.8. The van der Waals surface area contributed by atoms with E-state index in [0.717, 1.165) is 23.5 Å². The number of nitrogens with zero attached hydrogens (tertiary/aromatic N) is 8. The molecule has 50 heavy (non-hydrogen) atoms. The zero-order valence-electron chi connectivity index (χ0n) is 25.6. The van der Waals surface area contributed by atoms with Crippen LogP contribution in [0.4, 0.5) is 11.4 Å². The van der Waals surface area contributed by atoms with Crippen LogP contribution in [0.25, 0.3) is 22.5 Å². The molecular formula is C32H24N10O6S2. The van der Waals surface area contributed by atoms with Gasteiger partial charge in [0.2, 0.25) is 22.1 Å². The van der Waals surface area contributed by atoms with E-state index in [1.807, 2.05) is 60.7 Å². The predicted octanol–water partition coefficient (Wildman–Crippen LogP) is 4.16. The number of benzene rings is 4. The van der Waals surface area contributed by atoms with Crippen LogP contribution in [0.5, 0.6) is 0 Å². The maximum Gasteiger partial charge on any atom is 0.337 e. The Hall–Kier alpha value is -6.40. The van der Waals surface area contributed by atoms with E-state index in [4.69, 9.17) is 0 Å². The van der Waals surface area contributed by atoms with Gasteiger partial charge in [0.25, 0.3) is 0 Å². The van der Waals surface area contributed by atoms with E-state index in [-0.39, 0.29) is 34.0 Å². The van der Waals surface area contributed by atoms with Crippen molar-refractivity contribution >= 4 is 58.7 Å². The van der Waals surface area contributed by atoms with Crippen molar-refractivity contribution in [3.63, 3.8) is 0 Å². The minimum atomic E-state index is -1.30. The van der Waals surface area contributed by atoms with Gasteiger partial charge in [-0.25, -0.2) is 9.59 Å². The smallest absolute Gasteiger partial charge is 0.337 e. The molecule has 0 bridgehead atoms. The number of hydrogen-bond donors (Lipinski definition) is 4. The largest absolute Gasteiger partial charge is 0.478 e. The third-order valence-electron chi connectivity index (χ3n) is 6.93. The number of carbonyl (C=O) groups is 4. The SMILES string of the molecule is O=C(CSc1nnnn1-c1ccccc1)Nc1ccc(-c2ccc(NC(=O)CSc3nnnn3-c3ccccc3)c(C(=O)O)c2)cc1C(=O)O. The number of aromatic carboxylic acids is 2. The molecule has 2 aromatic heterocycles. The highest BCUT2D eigenvalue weighted by Gasteiger charge is 2.19. The Kier molecular flexibility index (Phi) is 10.2. The molecule has 0 saturated carbocycles. The third-order valence-corrected chi connectivity index (χ3v) is 8.77. The summed E-state index contributed by atoms with van der Waals surface area (Å²) >= 11 is 2.15. The molecule has 4 N–H and O–H groups in total. The molecule has 16 nitrogen and oxygen atoms in total. The second-order valence-corrected chi connectivity index (χ2v) is 12.1. The number of tetrazole rings is 2. The summed E-state index contributed by atoms with van der Waals surface area (Å²) in [6.45, 7) is 0. The maximum atomic E-state index is 12.8. The number of carboxylic acid groups (broad SMARTS) is 2. The fourth-order valence-electron chi connectivity index (χ4n) is 4.65. The van der Waals surface area contributed by atoms with Crippen LogP contribution in [0.1, 0.15) is 20.7 Å². The lowest BCUT2D eigenvalue weighted by molar-refractivity contribution is -0.114. The van der Waals surface area contributed by atoms with Crippen LogP contribution in [0.2, 0.25) is 0 Å². The van der Waals surface area contributed by atoms with Crippen molar-refractivity contribution in [3.8, 4) is 22.5 Å². The maximum absolute atomic E-state index is 12.8. The first-order valence-electron chi connectivity index (χ1n) is 14.5. The number of rotatable bonds is 13. The van der Waals surface area contributed by atoms with Crippen molar-refractivity contribution in [2.45, 2.75) is 10.3 Å². The lowest BCUT2D eigenvalue weighted by Crippen LogP contribution is -2.17. The second kappa shape index (κ2) is 15.2. The second-order valence-electron chi connectivity index (χ2n) is 10.2. The molecule has 0 aliphatic carbocycles. The minimum absolute atomic E-state index is 0.0487. The van der Waals surface area contributed by atoms with E-state index in [1.165, 1.54) is 33.6 Å². The molecule has 0 unspecified atom stereocenters. The zero-order valence-corrected chi connectivity index (χ0v) is 27.2. The van der Waals surface area contributed by atoms with Crippen LogP contribution >= 0.6 is 23.5 Å². The molecule has 250 valence electrons. The number of nitrogens with one attached hydrogen (secondary N) is 2. The molecule has 0 saturated heterocycles. The van der Waals surface area contributed by atoms with Crippen molar-refractivity contribution in [1.82, 2.24) is 40.4 Å². The Balaban J connectivity index is 1.12. The number of hydrogen-bond acceptors (Lipinski definition) is 12. The fraction of sp³-hybridized carbons (Fsp3) is 0.0625. The molecule has 0 radical (unpaired) electrons. The first kappa shape index (κ1) is 33.5. The first-order chi connectivity index (χ1) is 24.3. The number of anilines is 2. The molecular weight excluding hydrogens is 685 g/mol. The molecule has 6 rings (SSSR count). The van der Waals surface area contributed by atoms with Gasteiger partial charge in [-0.2, -0.15) is 9.36 Å². The molecule has 6 aromatic rings. The Morgan fingerprint density at radius 2 is 0.980 bits per heavy atom. The zero-order chi connectivity index (χ0) is 35.0. The van der Waals surface area contributed by atoms with E-state index in [9.17, 15) is 29.4 Å². The van der Waals surface area contributed by atoms with E-state index >= 15 is 0 Å². The Morgan fingerprint density at radius 3 is 1.36 bits per heavy atom. The third kappa shape index (κ3) is 7.83. The van der Waals surface area contributed by atoms with Gasteiger partial charge >= 0.3 is 11.9 Å². The summed E-state index contributed by atoms with van der Waals surface area (Å²) in [5.41, 5.74) is 1.85. The molecule has 2 heterocycles. The summed E-state index contributed by atoms with van der Waals surface area (Å²) in [4.78, 5) is 50.0. The standard InChI is InChI=1S/C32H24N10O6S2/c43-27(17-49-31-35-37-39-41(31)21-7-3-1-4-8-21)33-25-13-11-19(15-23(25)29(45)46)20-12-14-26(24(16-20)30(47)48)34-28(44)18-50-32-36-38-40-42(32)22-9-5-2-6-10-22/h1-16H,17-18H2,(H,33,43)(H,34,44)(H,45,46)(H,47,48). The average Bonchev–Trinajstić information content (AvgIpc) is 3.81. The number of carbonyl (C=O) groups excluding carboxylic acids is 2. The summed E-state index contributed by atoms with van der Waals surface area (Å²) in [5.74, 6) is -3.80. The van der Waals surface area contributed by atoms with Crippen LogP contribution in [0, 0.1) is 0 Å². The van der Waals surface area contributed by atoms with Crippen molar-refractivity contribution < 1.29 is 29.4 Å². The lowest BCUT2D eigenvalue weighted by Gasteiger charge is -2.13. The van der Waals surface area contributed by atoms with Crippen LogP contribution in [0.15, 0.2) is 107 Å². The van der Waals surface area contributed by atoms with Crippen molar-refractivity contribution in [2.75, 3.05) is 22.1 Å². The quantitative estimate of drug-likeness (QED) is 0.124. The van der Waals surface area contributed by atoms with Crippen molar-refractivity contribution in [3.05, 3.63) is 108 Å². The minimum Gasteiger partial charge on any atom is -0.478 e. The molecule has 2 amide bonds. The molecule has 0 aliphatic rings. The molecule has 4 aromatic carbocycles. The molecule has 18 heteroatoms. The van der Waals surface area contributed by atoms with Gasteiger partial charge in [0.1, 0.15) is 0 Å². The van der Waals surface area contributed by atoms with E-state index in [2.05, 4.69) is 41.7 Å². The van der Waals surface area contributed by atoms with Gasteiger partial charge in [-0.3, -0.25) is 9.59 Å². The Bertz CT molecular complexity index is 2040. The van der Waals surface area contributed by atoms with Crippen molar-refractivity contribution in [1.29, 1.82) is 0 Å². The Morgan fingerprint density at radius 1 is 0.580 bits per heavy atom. The molecule has 0 aliphatic heterocycles. The average molecular weight is 709 g/mol. The van der Waals surface area contributed by atoms with Gasteiger partial charge in [0.15, 0.2) is 0 Å². The first-order valence-corrected chi connectivity index (χ1v) is 16.5. The van der Waals surface area contributed by atoms with Crippen LogP contribution in [-0.2, 0) is 9.59 Å². The molecule has 0 fully saturated rings.